The number of nitrogens with one attached hydrogen (secondary N) is 1. The van der Waals surface area contributed by atoms with Gasteiger partial charge in [0.1, 0.15) is 5.82 Å². The lowest BCUT2D eigenvalue weighted by molar-refractivity contribution is 0.396. The molecule has 0 amide bonds. The summed E-state index contributed by atoms with van der Waals surface area (Å²) in [5.41, 5.74) is 17.5. The van der Waals surface area contributed by atoms with Crippen LogP contribution in [0.5, 0.6) is 0 Å². The summed E-state index contributed by atoms with van der Waals surface area (Å²) in [5, 5.41) is 8.05. The molecule has 0 atom stereocenters. The number of aryl methyl sites for hydroxylation is 1. The number of anilines is 3. The lowest BCUT2D eigenvalue weighted by Gasteiger charge is -2.28. The molecule has 6 nitrogen and oxygen atoms in total. The number of nitrogens with zero attached hydrogens (tertiary/aromatic N) is 3. The Hall–Kier alpha value is -2.60. The lowest BCUT2D eigenvalue weighted by atomic mass is 9.81. The first-order valence-electron chi connectivity index (χ1n) is 8.84. The topological polar surface area (TPSA) is 94.3 Å². The van der Waals surface area contributed by atoms with Crippen LogP contribution in [0.1, 0.15) is 42.7 Å². The molecule has 0 aliphatic heterocycles. The number of imidazole rings is 1. The van der Waals surface area contributed by atoms with Gasteiger partial charge in [-0.1, -0.05) is 17.7 Å². The summed E-state index contributed by atoms with van der Waals surface area (Å²) < 4.78 is 1.74. The van der Waals surface area contributed by atoms with Gasteiger partial charge in [0.25, 0.3) is 0 Å². The van der Waals surface area contributed by atoms with E-state index >= 15 is 0 Å². The quantitative estimate of drug-likeness (QED) is 0.682. The van der Waals surface area contributed by atoms with Crippen LogP contribution in [0.15, 0.2) is 36.7 Å². The van der Waals surface area contributed by atoms with Gasteiger partial charge >= 0.3 is 0 Å². The molecule has 2 heterocycles. The van der Waals surface area contributed by atoms with E-state index in [1.165, 1.54) is 5.56 Å². The number of hydrogen-bond acceptors (Lipinski definition) is 5. The number of fused-ring (bicyclic) bond motifs is 1. The zero-order valence-electron chi connectivity index (χ0n) is 14.4. The highest BCUT2D eigenvalue weighted by Gasteiger charge is 2.27. The molecule has 25 heavy (non-hydrogen) atoms. The van der Waals surface area contributed by atoms with Gasteiger partial charge in [0.05, 0.1) is 5.69 Å². The van der Waals surface area contributed by atoms with Crippen LogP contribution in [0.2, 0.25) is 0 Å². The molecule has 1 aliphatic carbocycles. The minimum atomic E-state index is 0.300. The predicted octanol–water partition coefficient (Wildman–Crippen LogP) is 3.35. The van der Waals surface area contributed by atoms with E-state index in [-0.39, 0.29) is 0 Å². The van der Waals surface area contributed by atoms with Crippen LogP contribution >= 0.6 is 0 Å². The summed E-state index contributed by atoms with van der Waals surface area (Å²) in [7, 11) is 0. The van der Waals surface area contributed by atoms with Gasteiger partial charge in [0.2, 0.25) is 0 Å². The highest BCUT2D eigenvalue weighted by molar-refractivity contribution is 5.80. The summed E-state index contributed by atoms with van der Waals surface area (Å²) in [5.74, 6) is 0.933. The molecule has 0 unspecified atom stereocenters. The Morgan fingerprint density at radius 3 is 2.56 bits per heavy atom. The average molecular weight is 336 g/mol. The van der Waals surface area contributed by atoms with E-state index in [9.17, 15) is 0 Å². The first-order chi connectivity index (χ1) is 12.1. The van der Waals surface area contributed by atoms with Crippen molar-refractivity contribution in [2.45, 2.75) is 44.6 Å². The molecule has 1 aliphatic rings. The van der Waals surface area contributed by atoms with Gasteiger partial charge < -0.3 is 16.8 Å². The number of nitrogen functional groups attached to an aromatic ring is 1. The van der Waals surface area contributed by atoms with Crippen molar-refractivity contribution in [2.75, 3.05) is 11.1 Å². The van der Waals surface area contributed by atoms with E-state index in [1.54, 1.807) is 10.7 Å². The van der Waals surface area contributed by atoms with Crippen molar-refractivity contribution in [1.82, 2.24) is 14.6 Å². The van der Waals surface area contributed by atoms with E-state index in [4.69, 9.17) is 11.5 Å². The molecule has 0 saturated heterocycles. The Morgan fingerprint density at radius 2 is 1.84 bits per heavy atom. The van der Waals surface area contributed by atoms with Gasteiger partial charge in [0.15, 0.2) is 5.65 Å². The SMILES string of the molecule is Cc1ccc(Nc2c3nccn3nc(N)c2[C@H]2CC[C@@H](N)CC2)cc1. The van der Waals surface area contributed by atoms with E-state index in [2.05, 4.69) is 46.6 Å². The zero-order chi connectivity index (χ0) is 17.4. The van der Waals surface area contributed by atoms with Crippen molar-refractivity contribution in [2.24, 2.45) is 5.73 Å². The molecule has 130 valence electrons. The van der Waals surface area contributed by atoms with E-state index in [0.29, 0.717) is 17.8 Å². The summed E-state index contributed by atoms with van der Waals surface area (Å²) in [6, 6.07) is 8.64. The highest BCUT2D eigenvalue weighted by atomic mass is 15.3. The largest absolute Gasteiger partial charge is 0.382 e. The van der Waals surface area contributed by atoms with E-state index < -0.39 is 0 Å². The molecule has 6 heteroatoms. The molecular formula is C19H24N6. The fourth-order valence-corrected chi connectivity index (χ4v) is 3.70. The summed E-state index contributed by atoms with van der Waals surface area (Å²) >= 11 is 0. The number of rotatable bonds is 3. The first-order valence-corrected chi connectivity index (χ1v) is 8.84. The van der Waals surface area contributed by atoms with Gasteiger partial charge in [-0.2, -0.15) is 0 Å². The van der Waals surface area contributed by atoms with Crippen LogP contribution in [0.4, 0.5) is 17.2 Å². The molecule has 1 fully saturated rings. The van der Waals surface area contributed by atoms with Crippen molar-refractivity contribution in [1.29, 1.82) is 0 Å². The lowest BCUT2D eigenvalue weighted by Crippen LogP contribution is -2.26. The molecular weight excluding hydrogens is 312 g/mol. The Morgan fingerprint density at radius 1 is 1.12 bits per heavy atom. The molecule has 3 aromatic rings. The molecule has 1 aromatic carbocycles. The normalized spacial score (nSPS) is 20.7. The van der Waals surface area contributed by atoms with Crippen LogP contribution in [0, 0.1) is 6.92 Å². The van der Waals surface area contributed by atoms with Crippen molar-refractivity contribution < 1.29 is 0 Å². The summed E-state index contributed by atoms with van der Waals surface area (Å²) in [6.07, 6.45) is 7.69. The zero-order valence-corrected chi connectivity index (χ0v) is 14.4. The monoisotopic (exact) mass is 336 g/mol. The number of benzene rings is 1. The summed E-state index contributed by atoms with van der Waals surface area (Å²) in [4.78, 5) is 4.50. The van der Waals surface area contributed by atoms with Crippen LogP contribution in [0.3, 0.4) is 0 Å². The fraction of sp³-hybridized carbons (Fsp3) is 0.368. The van der Waals surface area contributed by atoms with Gasteiger partial charge in [-0.05, 0) is 50.7 Å². The molecule has 2 aromatic heterocycles. The number of aromatic nitrogens is 3. The highest BCUT2D eigenvalue weighted by Crippen LogP contribution is 2.41. The van der Waals surface area contributed by atoms with Crippen molar-refractivity contribution in [3.05, 3.63) is 47.8 Å². The third kappa shape index (κ3) is 3.05. The fourth-order valence-electron chi connectivity index (χ4n) is 3.70. The first kappa shape index (κ1) is 15.9. The molecule has 1 saturated carbocycles. The average Bonchev–Trinajstić information content (AvgIpc) is 3.06. The molecule has 0 radical (unpaired) electrons. The second kappa shape index (κ2) is 6.37. The maximum absolute atomic E-state index is 6.36. The third-order valence-electron chi connectivity index (χ3n) is 5.11. The Bertz CT molecular complexity index is 875. The minimum absolute atomic E-state index is 0.300. The van der Waals surface area contributed by atoms with E-state index in [0.717, 1.165) is 48.3 Å². The van der Waals surface area contributed by atoms with Crippen molar-refractivity contribution in [3.8, 4) is 0 Å². The van der Waals surface area contributed by atoms with Gasteiger partial charge in [-0.25, -0.2) is 9.50 Å². The van der Waals surface area contributed by atoms with Crippen LogP contribution in [0.25, 0.3) is 5.65 Å². The Kier molecular flexibility index (Phi) is 4.05. The maximum atomic E-state index is 6.36. The number of hydrogen-bond donors (Lipinski definition) is 3. The van der Waals surface area contributed by atoms with Gasteiger partial charge in [-0.3, -0.25) is 0 Å². The Balaban J connectivity index is 1.80. The predicted molar refractivity (Wildman–Crippen MR) is 101 cm³/mol. The molecule has 0 bridgehead atoms. The molecule has 5 N–H and O–H groups in total. The maximum Gasteiger partial charge on any atom is 0.177 e. The van der Waals surface area contributed by atoms with E-state index in [1.807, 2.05) is 6.20 Å². The Labute approximate surface area is 147 Å². The third-order valence-corrected chi connectivity index (χ3v) is 5.11. The van der Waals surface area contributed by atoms with Crippen molar-refractivity contribution in [3.63, 3.8) is 0 Å². The van der Waals surface area contributed by atoms with Crippen LogP contribution in [-0.4, -0.2) is 20.6 Å². The smallest absolute Gasteiger partial charge is 0.177 e. The van der Waals surface area contributed by atoms with Gasteiger partial charge in [0, 0.05) is 29.7 Å². The second-order valence-electron chi connectivity index (χ2n) is 6.97. The standard InChI is InChI=1S/C19H24N6/c1-12-2-8-15(9-3-12)23-17-16(13-4-6-14(20)7-5-13)18(21)24-25-11-10-22-19(17)25/h2-3,8-11,13-14,23H,4-7,20H2,1H3,(H2,21,24)/t13-,14+. The summed E-state index contributed by atoms with van der Waals surface area (Å²) in [6.45, 7) is 2.08. The van der Waals surface area contributed by atoms with Crippen LogP contribution in [-0.2, 0) is 0 Å². The second-order valence-corrected chi connectivity index (χ2v) is 6.97. The number of nitrogens with two attached hydrogens (primary N) is 2. The van der Waals surface area contributed by atoms with Gasteiger partial charge in [-0.15, -0.1) is 5.10 Å². The molecule has 4 rings (SSSR count). The minimum Gasteiger partial charge on any atom is -0.382 e. The van der Waals surface area contributed by atoms with Crippen LogP contribution < -0.4 is 16.8 Å². The molecule has 0 spiro atoms. The van der Waals surface area contributed by atoms with Crippen molar-refractivity contribution >= 4 is 22.8 Å².